The Bertz CT molecular complexity index is 695. The van der Waals surface area contributed by atoms with E-state index < -0.39 is 5.97 Å². The summed E-state index contributed by atoms with van der Waals surface area (Å²) in [5, 5.41) is 12.5. The molecule has 1 N–H and O–H groups in total. The Labute approximate surface area is 129 Å². The molecule has 0 aliphatic rings. The van der Waals surface area contributed by atoms with Crippen LogP contribution in [0.1, 0.15) is 23.0 Å². The lowest BCUT2D eigenvalue weighted by atomic mass is 10.1. The second-order valence-electron chi connectivity index (χ2n) is 4.20. The van der Waals surface area contributed by atoms with E-state index in [1.165, 1.54) is 0 Å². The number of halogens is 1. The molecular formula is C15H16ClN3O2. The van der Waals surface area contributed by atoms with Gasteiger partial charge in [0.05, 0.1) is 29.6 Å². The highest BCUT2D eigenvalue weighted by atomic mass is 35.5. The maximum atomic E-state index is 12.1. The van der Waals surface area contributed by atoms with E-state index in [1.807, 2.05) is 30.3 Å². The molecule has 110 valence electrons. The lowest BCUT2D eigenvalue weighted by Gasteiger charge is -2.14. The number of nitriles is 1. The third kappa shape index (κ3) is 3.41. The van der Waals surface area contributed by atoms with E-state index in [0.29, 0.717) is 23.6 Å². The number of benzene rings is 1. The minimum Gasteiger partial charge on any atom is -0.462 e. The maximum absolute atomic E-state index is 12.1. The van der Waals surface area contributed by atoms with Crippen molar-refractivity contribution in [1.82, 2.24) is 4.98 Å². The van der Waals surface area contributed by atoms with E-state index in [4.69, 9.17) is 10.00 Å². The predicted molar refractivity (Wildman–Crippen MR) is 83.8 cm³/mol. The third-order valence-corrected chi connectivity index (χ3v) is 2.90. The topological polar surface area (TPSA) is 75.0 Å². The number of anilines is 1. The molecule has 1 aromatic heterocycles. The van der Waals surface area contributed by atoms with Crippen molar-refractivity contribution in [2.24, 2.45) is 0 Å². The number of hydrogen-bond donors (Lipinski definition) is 1. The third-order valence-electron chi connectivity index (χ3n) is 2.90. The molecule has 6 heteroatoms. The molecule has 0 aliphatic carbocycles. The van der Waals surface area contributed by atoms with Gasteiger partial charge in [0.15, 0.2) is 0 Å². The number of aromatic nitrogens is 1. The molecule has 0 saturated heterocycles. The Hall–Kier alpha value is -2.32. The monoisotopic (exact) mass is 305 g/mol. The highest BCUT2D eigenvalue weighted by Crippen LogP contribution is 2.28. The van der Waals surface area contributed by atoms with Crippen LogP contribution in [0.3, 0.4) is 0 Å². The maximum Gasteiger partial charge on any atom is 0.342 e. The number of pyridine rings is 1. The van der Waals surface area contributed by atoms with Crippen LogP contribution in [0.2, 0.25) is 0 Å². The van der Waals surface area contributed by atoms with Crippen LogP contribution in [0, 0.1) is 18.3 Å². The number of carbonyl (C=O) groups excluding carboxylic acids is 1. The van der Waals surface area contributed by atoms with Crippen LogP contribution in [0.4, 0.5) is 5.69 Å². The molecular weight excluding hydrogens is 290 g/mol. The van der Waals surface area contributed by atoms with Gasteiger partial charge in [-0.1, -0.05) is 18.2 Å². The van der Waals surface area contributed by atoms with Crippen LogP contribution in [-0.4, -0.2) is 24.1 Å². The fourth-order valence-corrected chi connectivity index (χ4v) is 2.10. The van der Waals surface area contributed by atoms with Crippen molar-refractivity contribution in [3.63, 3.8) is 0 Å². The Balaban J connectivity index is 0.00000220. The molecule has 0 spiro atoms. The van der Waals surface area contributed by atoms with E-state index in [-0.39, 0.29) is 19.0 Å². The van der Waals surface area contributed by atoms with Crippen molar-refractivity contribution in [2.45, 2.75) is 13.8 Å². The van der Waals surface area contributed by atoms with Crippen LogP contribution < -0.4 is 5.32 Å². The first kappa shape index (κ1) is 16.7. The summed E-state index contributed by atoms with van der Waals surface area (Å²) >= 11 is 0. The highest BCUT2D eigenvalue weighted by Gasteiger charge is 2.19. The van der Waals surface area contributed by atoms with Gasteiger partial charge in [-0.25, -0.2) is 4.79 Å². The van der Waals surface area contributed by atoms with Gasteiger partial charge in [0.1, 0.15) is 12.1 Å². The Kier molecular flexibility index (Phi) is 5.94. The van der Waals surface area contributed by atoms with E-state index in [2.05, 4.69) is 10.3 Å². The van der Waals surface area contributed by atoms with Crippen molar-refractivity contribution < 1.29 is 9.53 Å². The fourth-order valence-electron chi connectivity index (χ4n) is 2.10. The predicted octanol–water partition coefficient (Wildman–Crippen LogP) is 3.08. The first-order valence-corrected chi connectivity index (χ1v) is 6.36. The number of hydrogen-bond acceptors (Lipinski definition) is 5. The molecule has 0 fully saturated rings. The molecule has 0 unspecified atom stereocenters. The number of fused-ring (bicyclic) bond motifs is 1. The van der Waals surface area contributed by atoms with Crippen molar-refractivity contribution in [2.75, 3.05) is 18.5 Å². The summed E-state index contributed by atoms with van der Waals surface area (Å²) < 4.78 is 5.08. The smallest absolute Gasteiger partial charge is 0.342 e. The number of aryl methyl sites for hydroxylation is 1. The van der Waals surface area contributed by atoms with Gasteiger partial charge >= 0.3 is 5.97 Å². The van der Waals surface area contributed by atoms with Crippen molar-refractivity contribution >= 4 is 35.0 Å². The Morgan fingerprint density at radius 1 is 1.43 bits per heavy atom. The average Bonchev–Trinajstić information content (AvgIpc) is 2.44. The van der Waals surface area contributed by atoms with Crippen molar-refractivity contribution in [1.29, 1.82) is 5.26 Å². The zero-order valence-electron chi connectivity index (χ0n) is 11.8. The number of ether oxygens (including phenoxy) is 1. The number of nitrogens with one attached hydrogen (secondary N) is 1. The number of para-hydroxylation sites is 1. The van der Waals surface area contributed by atoms with Crippen LogP contribution in [0.25, 0.3) is 10.9 Å². The normalized spacial score (nSPS) is 9.57. The van der Waals surface area contributed by atoms with Gasteiger partial charge in [-0.3, -0.25) is 4.98 Å². The number of carbonyl (C=O) groups is 1. The SMILES string of the molecule is CCOC(=O)c1c(C)nc2ccccc2c1NCC#N.Cl. The standard InChI is InChI=1S/C15H15N3O2.ClH/c1-3-20-15(19)13-10(2)18-12-7-5-4-6-11(12)14(13)17-9-8-16;/h4-7H,3,9H2,1-2H3,(H,17,18);1H. The van der Waals surface area contributed by atoms with Crippen molar-refractivity contribution in [3.05, 3.63) is 35.5 Å². The lowest BCUT2D eigenvalue weighted by Crippen LogP contribution is -2.13. The zero-order valence-corrected chi connectivity index (χ0v) is 12.7. The summed E-state index contributed by atoms with van der Waals surface area (Å²) in [6.45, 7) is 3.92. The van der Waals surface area contributed by atoms with E-state index in [9.17, 15) is 4.79 Å². The van der Waals surface area contributed by atoms with E-state index in [0.717, 1.165) is 10.9 Å². The quantitative estimate of drug-likeness (QED) is 0.694. The largest absolute Gasteiger partial charge is 0.462 e. The number of esters is 1. The minimum atomic E-state index is -0.427. The molecule has 1 aromatic carbocycles. The number of nitrogens with zero attached hydrogens (tertiary/aromatic N) is 2. The van der Waals surface area contributed by atoms with Gasteiger partial charge in [-0.2, -0.15) is 5.26 Å². The Morgan fingerprint density at radius 2 is 2.14 bits per heavy atom. The Morgan fingerprint density at radius 3 is 2.81 bits per heavy atom. The van der Waals surface area contributed by atoms with E-state index in [1.54, 1.807) is 13.8 Å². The summed E-state index contributed by atoms with van der Waals surface area (Å²) in [5.74, 6) is -0.427. The molecule has 0 amide bonds. The van der Waals surface area contributed by atoms with Gasteiger partial charge in [0, 0.05) is 5.39 Å². The highest BCUT2D eigenvalue weighted by molar-refractivity contribution is 6.06. The molecule has 0 bridgehead atoms. The molecule has 1 heterocycles. The second kappa shape index (κ2) is 7.46. The van der Waals surface area contributed by atoms with Gasteiger partial charge < -0.3 is 10.1 Å². The van der Waals surface area contributed by atoms with E-state index >= 15 is 0 Å². The molecule has 21 heavy (non-hydrogen) atoms. The van der Waals surface area contributed by atoms with Gasteiger partial charge in [-0.15, -0.1) is 12.4 Å². The lowest BCUT2D eigenvalue weighted by molar-refractivity contribution is 0.0526. The van der Waals surface area contributed by atoms with Crippen LogP contribution in [0.15, 0.2) is 24.3 Å². The van der Waals surface area contributed by atoms with Crippen LogP contribution in [0.5, 0.6) is 0 Å². The first-order valence-electron chi connectivity index (χ1n) is 6.36. The van der Waals surface area contributed by atoms with Crippen molar-refractivity contribution in [3.8, 4) is 6.07 Å². The zero-order chi connectivity index (χ0) is 14.5. The number of rotatable bonds is 4. The molecule has 2 aromatic rings. The summed E-state index contributed by atoms with van der Waals surface area (Å²) in [5.41, 5.74) is 2.36. The fraction of sp³-hybridized carbons (Fsp3) is 0.267. The molecule has 0 aliphatic heterocycles. The molecule has 0 saturated carbocycles. The minimum absolute atomic E-state index is 0. The summed E-state index contributed by atoms with van der Waals surface area (Å²) in [6.07, 6.45) is 0. The van der Waals surface area contributed by atoms with Gasteiger partial charge in [0.25, 0.3) is 0 Å². The summed E-state index contributed by atoms with van der Waals surface area (Å²) in [7, 11) is 0. The van der Waals surface area contributed by atoms with Gasteiger partial charge in [0.2, 0.25) is 0 Å². The molecule has 5 nitrogen and oxygen atoms in total. The molecule has 0 radical (unpaired) electrons. The van der Waals surface area contributed by atoms with Crippen LogP contribution >= 0.6 is 12.4 Å². The molecule has 2 rings (SSSR count). The first-order chi connectivity index (χ1) is 9.69. The van der Waals surface area contributed by atoms with Crippen LogP contribution in [-0.2, 0) is 4.74 Å². The van der Waals surface area contributed by atoms with Gasteiger partial charge in [-0.05, 0) is 19.9 Å². The summed E-state index contributed by atoms with van der Waals surface area (Å²) in [4.78, 5) is 16.5. The average molecular weight is 306 g/mol. The second-order valence-corrected chi connectivity index (χ2v) is 4.20. The molecule has 0 atom stereocenters. The summed E-state index contributed by atoms with van der Waals surface area (Å²) in [6, 6.07) is 9.50.